The summed E-state index contributed by atoms with van der Waals surface area (Å²) >= 11 is 0. The van der Waals surface area contributed by atoms with Gasteiger partial charge >= 0.3 is 5.97 Å². The van der Waals surface area contributed by atoms with Crippen LogP contribution in [0.25, 0.3) is 23.3 Å². The molecule has 9 nitrogen and oxygen atoms in total. The van der Waals surface area contributed by atoms with Gasteiger partial charge in [0.25, 0.3) is 0 Å². The molecule has 0 atom stereocenters. The zero-order chi connectivity index (χ0) is 18.7. The van der Waals surface area contributed by atoms with Crippen LogP contribution in [0.5, 0.6) is 11.5 Å². The zero-order valence-electron chi connectivity index (χ0n) is 15.2. The average Bonchev–Trinajstić information content (AvgIpc) is 3.24. The topological polar surface area (TPSA) is 135 Å². The molecule has 0 unspecified atom stereocenters. The Kier molecular flexibility index (Phi) is 5.99. The number of aromatic nitrogens is 3. The minimum atomic E-state index is -1.10. The van der Waals surface area contributed by atoms with E-state index in [0.717, 1.165) is 6.08 Å². The van der Waals surface area contributed by atoms with Crippen molar-refractivity contribution in [2.24, 2.45) is 0 Å². The lowest BCUT2D eigenvalue weighted by Gasteiger charge is -2.15. The number of rotatable bonds is 6. The molecule has 0 saturated heterocycles. The molecule has 1 aromatic carbocycles. The number of carboxylic acids is 1. The van der Waals surface area contributed by atoms with Crippen molar-refractivity contribution in [1.82, 2.24) is 20.9 Å². The van der Waals surface area contributed by atoms with E-state index in [1.54, 1.807) is 34.9 Å². The molecule has 3 rings (SSSR count). The second-order valence-electron chi connectivity index (χ2n) is 5.31. The number of aryl methyl sites for hydroxylation is 1. The number of para-hydroxylation sites is 1. The Labute approximate surface area is 155 Å². The quantitative estimate of drug-likeness (QED) is 0.630. The van der Waals surface area contributed by atoms with E-state index < -0.39 is 5.97 Å². The predicted molar refractivity (Wildman–Crippen MR) is 98.6 cm³/mol. The number of aliphatic carboxylic acids is 1. The van der Waals surface area contributed by atoms with E-state index in [2.05, 4.69) is 10.2 Å². The van der Waals surface area contributed by atoms with Crippen LogP contribution < -0.4 is 15.6 Å². The standard InChI is InChI=1S/C18H17N3O5.H3N/c1-11-7-8-14(26-11)18-20-19-15(9-10-16(22)23)21(18)17-12(24-2)5-4-6-13(17)25-3;/h4-10H,1-3H3,(H,22,23);1H3/b10-9+;. The Bertz CT molecular complexity index is 952. The van der Waals surface area contributed by atoms with Crippen LogP contribution >= 0.6 is 0 Å². The normalized spacial score (nSPS) is 10.6. The number of benzene rings is 1. The third-order valence-corrected chi connectivity index (χ3v) is 3.65. The van der Waals surface area contributed by atoms with Gasteiger partial charge in [0.15, 0.2) is 11.6 Å². The minimum Gasteiger partial charge on any atom is -0.494 e. The van der Waals surface area contributed by atoms with Crippen LogP contribution in [0, 0.1) is 6.92 Å². The molecular weight excluding hydrogens is 352 g/mol. The summed E-state index contributed by atoms with van der Waals surface area (Å²) in [5.41, 5.74) is 0.539. The number of carboxylic acid groups (broad SMARTS) is 1. The molecule has 0 radical (unpaired) electrons. The molecule has 0 bridgehead atoms. The number of ether oxygens (including phenoxy) is 2. The Morgan fingerprint density at radius 3 is 2.33 bits per heavy atom. The third kappa shape index (κ3) is 3.82. The fraction of sp³-hybridized carbons (Fsp3) is 0.167. The van der Waals surface area contributed by atoms with Gasteiger partial charge in [-0.3, -0.25) is 4.57 Å². The fourth-order valence-electron chi connectivity index (χ4n) is 2.54. The highest BCUT2D eigenvalue weighted by atomic mass is 16.5. The predicted octanol–water partition coefficient (Wildman–Crippen LogP) is 3.11. The minimum absolute atomic E-state index is 0. The van der Waals surface area contributed by atoms with Gasteiger partial charge in [-0.2, -0.15) is 0 Å². The van der Waals surface area contributed by atoms with Crippen LogP contribution in [-0.2, 0) is 4.79 Å². The van der Waals surface area contributed by atoms with E-state index >= 15 is 0 Å². The molecule has 0 aliphatic heterocycles. The molecule has 0 aliphatic carbocycles. The first-order chi connectivity index (χ1) is 12.5. The van der Waals surface area contributed by atoms with E-state index in [0.29, 0.717) is 40.4 Å². The van der Waals surface area contributed by atoms with Crippen molar-refractivity contribution < 1.29 is 23.8 Å². The summed E-state index contributed by atoms with van der Waals surface area (Å²) in [7, 11) is 3.07. The number of hydrogen-bond donors (Lipinski definition) is 2. The Morgan fingerprint density at radius 2 is 1.81 bits per heavy atom. The van der Waals surface area contributed by atoms with E-state index in [1.807, 2.05) is 6.92 Å². The lowest BCUT2D eigenvalue weighted by molar-refractivity contribution is -0.131. The molecular formula is C18H20N4O5. The number of furan rings is 1. The molecule has 2 aromatic heterocycles. The van der Waals surface area contributed by atoms with Gasteiger partial charge in [0.2, 0.25) is 5.82 Å². The lowest BCUT2D eigenvalue weighted by Crippen LogP contribution is -2.05. The van der Waals surface area contributed by atoms with Gasteiger partial charge in [0, 0.05) is 6.08 Å². The van der Waals surface area contributed by atoms with Crippen molar-refractivity contribution in [3.63, 3.8) is 0 Å². The highest BCUT2D eigenvalue weighted by molar-refractivity contribution is 5.85. The lowest BCUT2D eigenvalue weighted by atomic mass is 10.2. The molecule has 27 heavy (non-hydrogen) atoms. The summed E-state index contributed by atoms with van der Waals surface area (Å²) in [6, 6.07) is 8.89. The largest absolute Gasteiger partial charge is 0.494 e. The first-order valence-electron chi connectivity index (χ1n) is 7.69. The van der Waals surface area contributed by atoms with Crippen molar-refractivity contribution >= 4 is 12.0 Å². The maximum atomic E-state index is 10.9. The maximum absolute atomic E-state index is 10.9. The number of methoxy groups -OCH3 is 2. The van der Waals surface area contributed by atoms with Crippen molar-refractivity contribution in [2.75, 3.05) is 14.2 Å². The van der Waals surface area contributed by atoms with Crippen LogP contribution in [0.2, 0.25) is 0 Å². The van der Waals surface area contributed by atoms with Gasteiger partial charge in [-0.05, 0) is 37.3 Å². The smallest absolute Gasteiger partial charge is 0.328 e. The van der Waals surface area contributed by atoms with Gasteiger partial charge in [0.1, 0.15) is 22.9 Å². The molecule has 9 heteroatoms. The van der Waals surface area contributed by atoms with Gasteiger partial charge in [-0.1, -0.05) is 6.07 Å². The van der Waals surface area contributed by atoms with Crippen LogP contribution in [-0.4, -0.2) is 40.1 Å². The molecule has 142 valence electrons. The Balaban J connectivity index is 0.00000261. The SMILES string of the molecule is COc1cccc(OC)c1-n1c(/C=C/C(=O)O)nnc1-c1ccc(C)o1.N. The summed E-state index contributed by atoms with van der Waals surface area (Å²) in [5, 5.41) is 17.2. The van der Waals surface area contributed by atoms with Crippen LogP contribution in [0.4, 0.5) is 0 Å². The molecule has 2 heterocycles. The Morgan fingerprint density at radius 1 is 1.15 bits per heavy atom. The molecule has 0 amide bonds. The second-order valence-corrected chi connectivity index (χ2v) is 5.31. The molecule has 4 N–H and O–H groups in total. The molecule has 0 saturated carbocycles. The van der Waals surface area contributed by atoms with E-state index in [-0.39, 0.29) is 6.15 Å². The highest BCUT2D eigenvalue weighted by Gasteiger charge is 2.22. The van der Waals surface area contributed by atoms with Crippen LogP contribution in [0.1, 0.15) is 11.6 Å². The summed E-state index contributed by atoms with van der Waals surface area (Å²) in [6.45, 7) is 1.82. The maximum Gasteiger partial charge on any atom is 0.328 e. The Hall–Kier alpha value is -3.59. The van der Waals surface area contributed by atoms with Gasteiger partial charge in [-0.15, -0.1) is 10.2 Å². The van der Waals surface area contributed by atoms with E-state index in [4.69, 9.17) is 19.0 Å². The molecule has 0 spiro atoms. The van der Waals surface area contributed by atoms with Crippen LogP contribution in [0.3, 0.4) is 0 Å². The van der Waals surface area contributed by atoms with Crippen LogP contribution in [0.15, 0.2) is 40.8 Å². The van der Waals surface area contributed by atoms with E-state index in [1.165, 1.54) is 20.3 Å². The number of hydrogen-bond acceptors (Lipinski definition) is 7. The summed E-state index contributed by atoms with van der Waals surface area (Å²) in [4.78, 5) is 10.9. The monoisotopic (exact) mass is 372 g/mol. The second kappa shape index (κ2) is 8.19. The van der Waals surface area contributed by atoms with Crippen molar-refractivity contribution in [1.29, 1.82) is 0 Å². The molecule has 3 aromatic rings. The highest BCUT2D eigenvalue weighted by Crippen LogP contribution is 2.36. The third-order valence-electron chi connectivity index (χ3n) is 3.65. The van der Waals surface area contributed by atoms with Gasteiger partial charge in [0.05, 0.1) is 14.2 Å². The number of carbonyl (C=O) groups is 1. The molecule has 0 aliphatic rings. The average molecular weight is 372 g/mol. The van der Waals surface area contributed by atoms with Gasteiger partial charge < -0.3 is 25.1 Å². The van der Waals surface area contributed by atoms with Crippen molar-refractivity contribution in [3.05, 3.63) is 48.0 Å². The first-order valence-corrected chi connectivity index (χ1v) is 7.69. The van der Waals surface area contributed by atoms with Crippen molar-refractivity contribution in [2.45, 2.75) is 6.92 Å². The summed E-state index contributed by atoms with van der Waals surface area (Å²) < 4.78 is 18.2. The first kappa shape index (κ1) is 19.7. The summed E-state index contributed by atoms with van der Waals surface area (Å²) in [5.74, 6) is 1.81. The fourth-order valence-corrected chi connectivity index (χ4v) is 2.54. The summed E-state index contributed by atoms with van der Waals surface area (Å²) in [6.07, 6.45) is 2.33. The van der Waals surface area contributed by atoms with Gasteiger partial charge in [-0.25, -0.2) is 4.79 Å². The zero-order valence-corrected chi connectivity index (χ0v) is 15.2. The van der Waals surface area contributed by atoms with Crippen molar-refractivity contribution in [3.8, 4) is 28.8 Å². The van der Waals surface area contributed by atoms with E-state index in [9.17, 15) is 4.79 Å². The molecule has 0 fully saturated rings. The number of nitrogens with zero attached hydrogens (tertiary/aromatic N) is 3.